The van der Waals surface area contributed by atoms with Gasteiger partial charge in [-0.3, -0.25) is 0 Å². The quantitative estimate of drug-likeness (QED) is 0.505. The minimum absolute atomic E-state index is 0.260. The van der Waals surface area contributed by atoms with Gasteiger partial charge in [-0.05, 0) is 27.7 Å². The van der Waals surface area contributed by atoms with E-state index >= 15 is 0 Å². The molecule has 2 aliphatic heterocycles. The molecular weight excluding hydrogens is 282 g/mol. The molecule has 0 aromatic rings. The van der Waals surface area contributed by atoms with Gasteiger partial charge in [0.15, 0.2) is 0 Å². The van der Waals surface area contributed by atoms with Gasteiger partial charge >= 0.3 is 17.1 Å². The number of nitrogens with one attached hydrogen (secondary N) is 3. The van der Waals surface area contributed by atoms with Crippen LogP contribution in [0.1, 0.15) is 40.5 Å². The van der Waals surface area contributed by atoms with Crippen LogP contribution in [0.3, 0.4) is 0 Å². The Labute approximate surface area is 121 Å². The Morgan fingerprint density at radius 1 is 1.10 bits per heavy atom. The smallest absolute Gasteiger partial charge is 0.333 e. The Hall–Kier alpha value is -2.26. The molecule has 2 fully saturated rings. The highest BCUT2D eigenvalue weighted by molar-refractivity contribution is 5.80. The van der Waals surface area contributed by atoms with Crippen LogP contribution in [0.2, 0.25) is 0 Å². The Bertz CT molecular complexity index is 493. The van der Waals surface area contributed by atoms with Crippen molar-refractivity contribution in [2.45, 2.75) is 57.3 Å². The van der Waals surface area contributed by atoms with Crippen LogP contribution in [0.4, 0.5) is 9.59 Å². The van der Waals surface area contributed by atoms with Crippen LogP contribution < -0.4 is 16.0 Å². The van der Waals surface area contributed by atoms with E-state index in [-0.39, 0.29) is 12.8 Å². The third-order valence-electron chi connectivity index (χ3n) is 3.43. The zero-order valence-corrected chi connectivity index (χ0v) is 12.3. The summed E-state index contributed by atoms with van der Waals surface area (Å²) in [7, 11) is 0. The lowest BCUT2D eigenvalue weighted by Crippen LogP contribution is -2.78. The Morgan fingerprint density at radius 2 is 1.62 bits per heavy atom. The van der Waals surface area contributed by atoms with Crippen molar-refractivity contribution < 1.29 is 19.6 Å². The molecule has 118 valence electrons. The molecular formula is C11H19N5O5. The molecule has 0 radical (unpaired) electrons. The predicted molar refractivity (Wildman–Crippen MR) is 70.2 cm³/mol. The van der Waals surface area contributed by atoms with E-state index in [4.69, 9.17) is 0 Å². The Morgan fingerprint density at radius 3 is 2.10 bits per heavy atom. The zero-order chi connectivity index (χ0) is 16.1. The third kappa shape index (κ3) is 2.93. The second-order valence-corrected chi connectivity index (χ2v) is 6.76. The van der Waals surface area contributed by atoms with E-state index in [1.165, 1.54) is 0 Å². The molecule has 0 bridgehead atoms. The number of urea groups is 2. The highest BCUT2D eigenvalue weighted by Gasteiger charge is 2.56. The van der Waals surface area contributed by atoms with Gasteiger partial charge in [0.1, 0.15) is 5.66 Å². The molecule has 0 aliphatic carbocycles. The molecule has 10 nitrogen and oxygen atoms in total. The summed E-state index contributed by atoms with van der Waals surface area (Å²) in [5.74, 6) is 0. The average molecular weight is 301 g/mol. The summed E-state index contributed by atoms with van der Waals surface area (Å²) in [6, 6.07) is -1.27. The molecule has 1 unspecified atom stereocenters. The number of hydroxylamine groups is 2. The fourth-order valence-corrected chi connectivity index (χ4v) is 3.16. The fourth-order valence-electron chi connectivity index (χ4n) is 3.16. The van der Waals surface area contributed by atoms with E-state index in [0.717, 1.165) is 0 Å². The minimum atomic E-state index is -1.29. The van der Waals surface area contributed by atoms with Gasteiger partial charge in [-0.15, -0.1) is 15.2 Å². The molecule has 1 atom stereocenters. The number of carbonyl (C=O) groups is 2. The van der Waals surface area contributed by atoms with E-state index < -0.39 is 33.9 Å². The number of hydrogen-bond donors (Lipinski definition) is 3. The van der Waals surface area contributed by atoms with Crippen LogP contribution in [0.25, 0.3) is 0 Å². The monoisotopic (exact) mass is 301 g/mol. The van der Waals surface area contributed by atoms with Crippen molar-refractivity contribution in [1.82, 2.24) is 21.0 Å². The first-order chi connectivity index (χ1) is 9.45. The highest BCUT2D eigenvalue weighted by Crippen LogP contribution is 2.37. The van der Waals surface area contributed by atoms with E-state index in [1.54, 1.807) is 27.7 Å². The maximum atomic E-state index is 12.2. The second kappa shape index (κ2) is 4.37. The SMILES string of the molecule is CC1(C)CC2(CC(C)(C)NC(=O)N2O[N+](=O)[O-])NC(=O)N1. The van der Waals surface area contributed by atoms with Gasteiger partial charge in [-0.2, -0.15) is 4.94 Å². The lowest BCUT2D eigenvalue weighted by Gasteiger charge is -2.54. The van der Waals surface area contributed by atoms with Crippen LogP contribution in [-0.2, 0) is 4.94 Å². The summed E-state index contributed by atoms with van der Waals surface area (Å²) in [6.07, 6.45) is 0.521. The van der Waals surface area contributed by atoms with Gasteiger partial charge in [0.25, 0.3) is 0 Å². The summed E-state index contributed by atoms with van der Waals surface area (Å²) in [5, 5.41) is 18.2. The lowest BCUT2D eigenvalue weighted by molar-refractivity contribution is -0.810. The molecule has 2 heterocycles. The van der Waals surface area contributed by atoms with Crippen LogP contribution in [0.15, 0.2) is 0 Å². The number of amides is 4. The van der Waals surface area contributed by atoms with Gasteiger partial charge in [0.05, 0.1) is 0 Å². The van der Waals surface area contributed by atoms with Gasteiger partial charge in [-0.25, -0.2) is 9.59 Å². The van der Waals surface area contributed by atoms with Crippen LogP contribution in [0, 0.1) is 10.1 Å². The van der Waals surface area contributed by atoms with Gasteiger partial charge < -0.3 is 16.0 Å². The molecule has 4 amide bonds. The molecule has 3 N–H and O–H groups in total. The predicted octanol–water partition coefficient (Wildman–Crippen LogP) is 0.481. The first kappa shape index (κ1) is 15.1. The molecule has 0 saturated carbocycles. The van der Waals surface area contributed by atoms with E-state index in [1.807, 2.05) is 0 Å². The van der Waals surface area contributed by atoms with Crippen LogP contribution in [0.5, 0.6) is 0 Å². The molecule has 0 aromatic heterocycles. The zero-order valence-electron chi connectivity index (χ0n) is 12.3. The second-order valence-electron chi connectivity index (χ2n) is 6.76. The number of hydrogen-bond acceptors (Lipinski definition) is 5. The van der Waals surface area contributed by atoms with Crippen LogP contribution >= 0.6 is 0 Å². The average Bonchev–Trinajstić information content (AvgIpc) is 2.18. The Kier molecular flexibility index (Phi) is 3.15. The maximum Gasteiger partial charge on any atom is 0.343 e. The first-order valence-electron chi connectivity index (χ1n) is 6.50. The standard InChI is InChI=1S/C11H19N5O5/c1-9(2)5-11(13-7(17)12-9)6-10(3,4)14-8(18)15(11)21-16(19)20/h5-6H2,1-4H3,(H,14,18)(H2,12,13,17). The first-order valence-corrected chi connectivity index (χ1v) is 6.50. The van der Waals surface area contributed by atoms with Crippen molar-refractivity contribution >= 4 is 12.1 Å². The largest absolute Gasteiger partial charge is 0.343 e. The summed E-state index contributed by atoms with van der Waals surface area (Å²) in [4.78, 5) is 39.2. The highest BCUT2D eigenvalue weighted by atomic mass is 17.0. The number of rotatable bonds is 2. The summed E-state index contributed by atoms with van der Waals surface area (Å²) in [6.45, 7) is 7.10. The minimum Gasteiger partial charge on any atom is -0.333 e. The van der Waals surface area contributed by atoms with Crippen molar-refractivity contribution in [1.29, 1.82) is 0 Å². The van der Waals surface area contributed by atoms with E-state index in [2.05, 4.69) is 20.9 Å². The van der Waals surface area contributed by atoms with Crippen molar-refractivity contribution in [3.8, 4) is 0 Å². The van der Waals surface area contributed by atoms with E-state index in [9.17, 15) is 19.7 Å². The van der Waals surface area contributed by atoms with Gasteiger partial charge in [0.2, 0.25) is 0 Å². The van der Waals surface area contributed by atoms with Gasteiger partial charge in [0, 0.05) is 23.9 Å². The molecule has 1 spiro atoms. The third-order valence-corrected chi connectivity index (χ3v) is 3.43. The molecule has 0 aromatic carbocycles. The summed E-state index contributed by atoms with van der Waals surface area (Å²) in [5.41, 5.74) is -2.58. The Balaban J connectivity index is 2.44. The topological polar surface area (TPSA) is 126 Å². The lowest BCUT2D eigenvalue weighted by atomic mass is 9.79. The summed E-state index contributed by atoms with van der Waals surface area (Å²) < 4.78 is 0. The van der Waals surface area contributed by atoms with Crippen molar-refractivity contribution in [2.75, 3.05) is 0 Å². The van der Waals surface area contributed by atoms with Crippen molar-refractivity contribution in [2.24, 2.45) is 0 Å². The molecule has 2 saturated heterocycles. The van der Waals surface area contributed by atoms with Crippen LogP contribution in [-0.4, -0.2) is 39.0 Å². The number of carbonyl (C=O) groups excluding carboxylic acids is 2. The number of nitrogens with zero attached hydrogens (tertiary/aromatic N) is 2. The fraction of sp³-hybridized carbons (Fsp3) is 0.818. The molecule has 21 heavy (non-hydrogen) atoms. The molecule has 2 rings (SSSR count). The molecule has 2 aliphatic rings. The van der Waals surface area contributed by atoms with Crippen molar-refractivity contribution in [3.63, 3.8) is 0 Å². The van der Waals surface area contributed by atoms with E-state index in [0.29, 0.717) is 5.06 Å². The normalized spacial score (nSPS) is 30.2. The molecule has 10 heteroatoms. The van der Waals surface area contributed by atoms with Gasteiger partial charge in [-0.1, -0.05) is 0 Å². The maximum absolute atomic E-state index is 12.2. The van der Waals surface area contributed by atoms with Crippen molar-refractivity contribution in [3.05, 3.63) is 10.1 Å². The summed E-state index contributed by atoms with van der Waals surface area (Å²) >= 11 is 0.